The van der Waals surface area contributed by atoms with Gasteiger partial charge in [-0.05, 0) is 70.2 Å². The van der Waals surface area contributed by atoms with Crippen LogP contribution in [-0.2, 0) is 12.0 Å². The van der Waals surface area contributed by atoms with Gasteiger partial charge >= 0.3 is 0 Å². The summed E-state index contributed by atoms with van der Waals surface area (Å²) in [5.74, 6) is 2.18. The second kappa shape index (κ2) is 8.56. The third kappa shape index (κ3) is 4.35. The van der Waals surface area contributed by atoms with Gasteiger partial charge in [-0.2, -0.15) is 0 Å². The average molecular weight is 403 g/mol. The zero-order valence-electron chi connectivity index (χ0n) is 17.0. The molecule has 6 heteroatoms. The fourth-order valence-electron chi connectivity index (χ4n) is 3.49. The summed E-state index contributed by atoms with van der Waals surface area (Å²) in [7, 11) is 0. The molecule has 0 saturated heterocycles. The Kier molecular flexibility index (Phi) is 6.33. The number of pyridine rings is 1. The van der Waals surface area contributed by atoms with Crippen LogP contribution in [0.15, 0.2) is 41.8 Å². The number of nitrogens with zero attached hydrogens (tertiary/aromatic N) is 4. The van der Waals surface area contributed by atoms with Crippen molar-refractivity contribution in [3.8, 4) is 0 Å². The molecule has 28 heavy (non-hydrogen) atoms. The van der Waals surface area contributed by atoms with Gasteiger partial charge in [0, 0.05) is 12.5 Å². The Labute approximate surface area is 171 Å². The summed E-state index contributed by atoms with van der Waals surface area (Å²) in [5, 5.41) is 9.51. The summed E-state index contributed by atoms with van der Waals surface area (Å²) in [6.45, 7) is 8.65. The topological polar surface area (TPSA) is 43.6 Å². The largest absolute Gasteiger partial charge is 0.314 e. The van der Waals surface area contributed by atoms with Crippen molar-refractivity contribution in [3.05, 3.63) is 64.2 Å². The molecule has 2 heterocycles. The first kappa shape index (κ1) is 20.7. The van der Waals surface area contributed by atoms with Crippen molar-refractivity contribution in [3.63, 3.8) is 0 Å². The van der Waals surface area contributed by atoms with Crippen LogP contribution in [0.3, 0.4) is 0 Å². The van der Waals surface area contributed by atoms with Gasteiger partial charge in [0.25, 0.3) is 0 Å². The number of allylic oxidation sites excluding steroid dienone is 4. The maximum absolute atomic E-state index is 14.3. The van der Waals surface area contributed by atoms with Crippen molar-refractivity contribution in [1.29, 1.82) is 0 Å². The van der Waals surface area contributed by atoms with E-state index in [-0.39, 0.29) is 5.83 Å². The normalized spacial score (nSPS) is 15.9. The van der Waals surface area contributed by atoms with Gasteiger partial charge in [-0.25, -0.2) is 9.37 Å². The average Bonchev–Trinajstić information content (AvgIpc) is 3.41. The highest BCUT2D eigenvalue weighted by molar-refractivity contribution is 6.29. The number of halogens is 2. The molecule has 2 aromatic rings. The maximum Gasteiger partial charge on any atom is 0.144 e. The summed E-state index contributed by atoms with van der Waals surface area (Å²) in [4.78, 5) is 4.50. The van der Waals surface area contributed by atoms with E-state index in [0.29, 0.717) is 30.5 Å². The van der Waals surface area contributed by atoms with Crippen LogP contribution >= 0.6 is 11.6 Å². The smallest absolute Gasteiger partial charge is 0.144 e. The molecule has 4 nitrogen and oxygen atoms in total. The first-order chi connectivity index (χ1) is 13.4. The summed E-state index contributed by atoms with van der Waals surface area (Å²) in [6, 6.07) is 5.63. The predicted octanol–water partition coefficient (Wildman–Crippen LogP) is 6.13. The summed E-state index contributed by atoms with van der Waals surface area (Å²) >= 11 is 6.12. The van der Waals surface area contributed by atoms with E-state index in [0.717, 1.165) is 35.8 Å². The highest BCUT2D eigenvalue weighted by Gasteiger charge is 2.36. The molecule has 0 N–H and O–H groups in total. The van der Waals surface area contributed by atoms with Gasteiger partial charge in [0.1, 0.15) is 22.6 Å². The van der Waals surface area contributed by atoms with Crippen LogP contribution < -0.4 is 0 Å². The molecular weight excluding hydrogens is 375 g/mol. The van der Waals surface area contributed by atoms with Crippen molar-refractivity contribution in [2.45, 2.75) is 71.3 Å². The van der Waals surface area contributed by atoms with Crippen molar-refractivity contribution in [2.24, 2.45) is 0 Å². The first-order valence-corrected chi connectivity index (χ1v) is 10.3. The molecule has 0 amide bonds. The minimum Gasteiger partial charge on any atom is -0.314 e. The molecule has 0 aromatic carbocycles. The van der Waals surface area contributed by atoms with E-state index < -0.39 is 5.41 Å². The fraction of sp³-hybridized carbons (Fsp3) is 0.500. The van der Waals surface area contributed by atoms with E-state index in [1.54, 1.807) is 12.1 Å². The van der Waals surface area contributed by atoms with Gasteiger partial charge in [-0.1, -0.05) is 30.7 Å². The van der Waals surface area contributed by atoms with E-state index in [1.165, 1.54) is 6.08 Å². The molecule has 2 aromatic heterocycles. The molecule has 0 spiro atoms. The SMILES string of the molecule is C/C=C\C(F)=C(/CC)CCn1c(C2CC2)nnc1C(C)(C)c1cccc(Cl)n1. The Morgan fingerprint density at radius 1 is 1.32 bits per heavy atom. The molecule has 0 aliphatic heterocycles. The van der Waals surface area contributed by atoms with Crippen molar-refractivity contribution < 1.29 is 4.39 Å². The Bertz CT molecular complexity index is 894. The van der Waals surface area contributed by atoms with Crippen molar-refractivity contribution in [1.82, 2.24) is 19.7 Å². The van der Waals surface area contributed by atoms with Crippen molar-refractivity contribution in [2.75, 3.05) is 0 Å². The van der Waals surface area contributed by atoms with E-state index in [1.807, 2.05) is 26.0 Å². The third-order valence-corrected chi connectivity index (χ3v) is 5.56. The van der Waals surface area contributed by atoms with Crippen LogP contribution in [0, 0.1) is 0 Å². The van der Waals surface area contributed by atoms with Gasteiger partial charge in [-0.15, -0.1) is 10.2 Å². The summed E-state index contributed by atoms with van der Waals surface area (Å²) in [5.41, 5.74) is 1.21. The highest BCUT2D eigenvalue weighted by atomic mass is 35.5. The van der Waals surface area contributed by atoms with Gasteiger partial charge in [-0.3, -0.25) is 0 Å². The lowest BCUT2D eigenvalue weighted by Crippen LogP contribution is -2.26. The molecule has 0 radical (unpaired) electrons. The molecule has 0 unspecified atom stereocenters. The van der Waals surface area contributed by atoms with Gasteiger partial charge in [0.15, 0.2) is 0 Å². The zero-order valence-corrected chi connectivity index (χ0v) is 17.8. The van der Waals surface area contributed by atoms with Crippen LogP contribution in [0.4, 0.5) is 4.39 Å². The van der Waals surface area contributed by atoms with E-state index in [2.05, 4.69) is 33.6 Å². The van der Waals surface area contributed by atoms with E-state index in [4.69, 9.17) is 11.6 Å². The molecule has 1 aliphatic carbocycles. The second-order valence-electron chi connectivity index (χ2n) is 7.83. The Balaban J connectivity index is 1.96. The van der Waals surface area contributed by atoms with Crippen LogP contribution in [-0.4, -0.2) is 19.7 Å². The maximum atomic E-state index is 14.3. The summed E-state index contributed by atoms with van der Waals surface area (Å²) in [6.07, 6.45) is 6.86. The van der Waals surface area contributed by atoms with E-state index in [9.17, 15) is 4.39 Å². The first-order valence-electron chi connectivity index (χ1n) is 9.95. The molecular formula is C22H28ClFN4. The zero-order chi connectivity index (χ0) is 20.3. The monoisotopic (exact) mass is 402 g/mol. The summed E-state index contributed by atoms with van der Waals surface area (Å²) < 4.78 is 16.5. The van der Waals surface area contributed by atoms with Crippen LogP contribution in [0.1, 0.15) is 76.6 Å². The van der Waals surface area contributed by atoms with Crippen molar-refractivity contribution >= 4 is 11.6 Å². The number of rotatable bonds is 8. The molecule has 3 rings (SSSR count). The second-order valence-corrected chi connectivity index (χ2v) is 8.22. The predicted molar refractivity (Wildman–Crippen MR) is 111 cm³/mol. The molecule has 0 atom stereocenters. The Hall–Kier alpha value is -2.01. The van der Waals surface area contributed by atoms with Gasteiger partial charge in [0.05, 0.1) is 11.1 Å². The number of hydrogen-bond donors (Lipinski definition) is 0. The minimum atomic E-state index is -0.455. The lowest BCUT2D eigenvalue weighted by atomic mass is 9.87. The van der Waals surface area contributed by atoms with Gasteiger partial charge < -0.3 is 4.57 Å². The van der Waals surface area contributed by atoms with Crippen LogP contribution in [0.2, 0.25) is 5.15 Å². The molecule has 1 aliphatic rings. The van der Waals surface area contributed by atoms with E-state index >= 15 is 0 Å². The molecule has 1 saturated carbocycles. The van der Waals surface area contributed by atoms with Crippen LogP contribution in [0.25, 0.3) is 0 Å². The number of aromatic nitrogens is 4. The molecule has 150 valence electrons. The number of hydrogen-bond acceptors (Lipinski definition) is 3. The lowest BCUT2D eigenvalue weighted by molar-refractivity contribution is 0.504. The highest BCUT2D eigenvalue weighted by Crippen LogP contribution is 2.41. The fourth-order valence-corrected chi connectivity index (χ4v) is 3.65. The lowest BCUT2D eigenvalue weighted by Gasteiger charge is -2.25. The standard InChI is InChI=1S/C22H28ClFN4/c1-5-8-17(24)15(6-2)13-14-28-20(16-11-12-16)26-27-21(28)22(3,4)18-9-7-10-19(23)25-18/h5,7-10,16H,6,11-14H2,1-4H3/b8-5-,17-15-. The van der Waals surface area contributed by atoms with Gasteiger partial charge in [0.2, 0.25) is 0 Å². The minimum absolute atomic E-state index is 0.136. The Morgan fingerprint density at radius 2 is 2.07 bits per heavy atom. The molecule has 0 bridgehead atoms. The molecule has 1 fully saturated rings. The third-order valence-electron chi connectivity index (χ3n) is 5.35. The quantitative estimate of drug-likeness (QED) is 0.394. The Morgan fingerprint density at radius 3 is 2.68 bits per heavy atom. The van der Waals surface area contributed by atoms with Crippen LogP contribution in [0.5, 0.6) is 0 Å².